The van der Waals surface area contributed by atoms with Crippen LogP contribution in [-0.4, -0.2) is 68.5 Å². The van der Waals surface area contributed by atoms with Crippen LogP contribution in [0.15, 0.2) is 29.0 Å². The van der Waals surface area contributed by atoms with Crippen LogP contribution in [-0.2, 0) is 27.2 Å². The maximum absolute atomic E-state index is 13.9. The smallest absolute Gasteiger partial charge is 0.255 e. The predicted molar refractivity (Wildman–Crippen MR) is 139 cm³/mol. The lowest BCUT2D eigenvalue weighted by Gasteiger charge is -2.50. The average molecular weight is 525 g/mol. The van der Waals surface area contributed by atoms with Crippen molar-refractivity contribution in [2.45, 2.75) is 69.4 Å². The molecule has 9 heteroatoms. The molecule has 2 fully saturated rings. The molecular weight excluding hydrogens is 488 g/mol. The third kappa shape index (κ3) is 3.86. The molecule has 4 aliphatic carbocycles. The molecule has 0 saturated heterocycles. The number of aromatic hydroxyl groups is 1. The minimum atomic E-state index is -2.61. The van der Waals surface area contributed by atoms with Crippen LogP contribution in [0.2, 0.25) is 0 Å². The van der Waals surface area contributed by atoms with Crippen LogP contribution in [0.25, 0.3) is 5.76 Å². The molecule has 38 heavy (non-hydrogen) atoms. The van der Waals surface area contributed by atoms with E-state index in [0.29, 0.717) is 12.3 Å². The molecule has 5 rings (SSSR count). The summed E-state index contributed by atoms with van der Waals surface area (Å²) in [6, 6.07) is 2.31. The van der Waals surface area contributed by atoms with E-state index in [0.717, 1.165) is 24.0 Å². The third-order valence-electron chi connectivity index (χ3n) is 9.25. The van der Waals surface area contributed by atoms with Gasteiger partial charge in [-0.05, 0) is 68.8 Å². The highest BCUT2D eigenvalue weighted by Gasteiger charge is 2.64. The van der Waals surface area contributed by atoms with Crippen molar-refractivity contribution in [3.8, 4) is 5.75 Å². The number of amides is 1. The van der Waals surface area contributed by atoms with Gasteiger partial charge in [0.25, 0.3) is 5.91 Å². The zero-order chi connectivity index (χ0) is 27.5. The predicted octanol–water partition coefficient (Wildman–Crippen LogP) is 2.48. The Balaban J connectivity index is 1.60. The fourth-order valence-corrected chi connectivity index (χ4v) is 7.38. The van der Waals surface area contributed by atoms with E-state index < -0.39 is 58.0 Å². The number of phenolic OH excluding ortho intramolecular Hbond substituents is 1. The SMILES string of the molecule is CN(C)[C@@H]1C(=O)C(C(N)=O)=C(O)[C@]2(O)C(=O)C3=C(O)c4c(O)ccc(CCC5CCCCC5)c4C[C@@H]3C[C@H]12. The summed E-state index contributed by atoms with van der Waals surface area (Å²) in [4.78, 5) is 40.7. The largest absolute Gasteiger partial charge is 0.508 e. The summed E-state index contributed by atoms with van der Waals surface area (Å²) in [5, 5.41) is 44.7. The molecule has 0 aliphatic heterocycles. The summed E-state index contributed by atoms with van der Waals surface area (Å²) in [6.45, 7) is 0. The summed E-state index contributed by atoms with van der Waals surface area (Å²) in [7, 11) is 3.18. The molecule has 0 bridgehead atoms. The van der Waals surface area contributed by atoms with E-state index in [1.807, 2.05) is 6.07 Å². The van der Waals surface area contributed by atoms with E-state index in [2.05, 4.69) is 0 Å². The van der Waals surface area contributed by atoms with Gasteiger partial charge in [-0.1, -0.05) is 38.2 Å². The van der Waals surface area contributed by atoms with Crippen molar-refractivity contribution in [1.82, 2.24) is 4.90 Å². The molecule has 1 aromatic rings. The molecule has 4 atom stereocenters. The van der Waals surface area contributed by atoms with Gasteiger partial charge in [-0.15, -0.1) is 0 Å². The molecule has 0 radical (unpaired) electrons. The molecule has 0 spiro atoms. The number of hydrogen-bond acceptors (Lipinski definition) is 8. The summed E-state index contributed by atoms with van der Waals surface area (Å²) in [5.41, 5.74) is 3.78. The number of carbonyl (C=O) groups is 3. The zero-order valence-electron chi connectivity index (χ0n) is 21.9. The molecule has 9 nitrogen and oxygen atoms in total. The summed E-state index contributed by atoms with van der Waals surface area (Å²) >= 11 is 0. The number of aryl methyl sites for hydroxylation is 1. The highest BCUT2D eigenvalue weighted by molar-refractivity contribution is 6.24. The number of primary amides is 1. The molecule has 204 valence electrons. The first-order valence-corrected chi connectivity index (χ1v) is 13.5. The zero-order valence-corrected chi connectivity index (χ0v) is 21.9. The Kier molecular flexibility index (Phi) is 6.64. The van der Waals surface area contributed by atoms with Crippen LogP contribution >= 0.6 is 0 Å². The molecule has 0 aromatic heterocycles. The average Bonchev–Trinajstić information content (AvgIpc) is 2.86. The molecule has 4 aliphatic rings. The number of nitrogens with two attached hydrogens (primary N) is 1. The van der Waals surface area contributed by atoms with E-state index in [1.54, 1.807) is 14.1 Å². The van der Waals surface area contributed by atoms with Crippen LogP contribution in [0.4, 0.5) is 0 Å². The number of aliphatic hydroxyl groups excluding tert-OH is 2. The number of rotatable bonds is 5. The monoisotopic (exact) mass is 524 g/mol. The third-order valence-corrected chi connectivity index (χ3v) is 9.25. The minimum absolute atomic E-state index is 0.101. The highest BCUT2D eigenvalue weighted by atomic mass is 16.3. The van der Waals surface area contributed by atoms with Gasteiger partial charge in [0.05, 0.1) is 11.6 Å². The van der Waals surface area contributed by atoms with Crippen LogP contribution in [0.3, 0.4) is 0 Å². The van der Waals surface area contributed by atoms with Crippen LogP contribution < -0.4 is 5.73 Å². The van der Waals surface area contributed by atoms with Gasteiger partial charge in [-0.3, -0.25) is 19.3 Å². The Morgan fingerprint density at radius 2 is 1.79 bits per heavy atom. The van der Waals surface area contributed by atoms with E-state index >= 15 is 0 Å². The lowest BCUT2D eigenvalue weighted by atomic mass is 9.57. The van der Waals surface area contributed by atoms with Gasteiger partial charge in [0.15, 0.2) is 11.4 Å². The van der Waals surface area contributed by atoms with E-state index in [9.17, 15) is 34.8 Å². The summed E-state index contributed by atoms with van der Waals surface area (Å²) in [6.07, 6.45) is 8.40. The van der Waals surface area contributed by atoms with Gasteiger partial charge in [-0.2, -0.15) is 0 Å². The van der Waals surface area contributed by atoms with Gasteiger partial charge in [0.2, 0.25) is 5.78 Å². The van der Waals surface area contributed by atoms with E-state index in [4.69, 9.17) is 5.73 Å². The number of benzene rings is 1. The molecule has 0 unspecified atom stereocenters. The lowest BCUT2D eigenvalue weighted by Crippen LogP contribution is -2.65. The van der Waals surface area contributed by atoms with Crippen LogP contribution in [0.5, 0.6) is 5.75 Å². The van der Waals surface area contributed by atoms with Crippen molar-refractivity contribution >= 4 is 23.2 Å². The Hall–Kier alpha value is -3.17. The van der Waals surface area contributed by atoms with Gasteiger partial charge < -0.3 is 26.2 Å². The van der Waals surface area contributed by atoms with Crippen molar-refractivity contribution in [3.05, 3.63) is 45.7 Å². The number of aliphatic hydroxyl groups is 3. The lowest BCUT2D eigenvalue weighted by molar-refractivity contribution is -0.153. The second kappa shape index (κ2) is 9.54. The van der Waals surface area contributed by atoms with Gasteiger partial charge in [0.1, 0.15) is 22.8 Å². The van der Waals surface area contributed by atoms with E-state index in [1.165, 1.54) is 43.1 Å². The Morgan fingerprint density at radius 3 is 2.42 bits per heavy atom. The number of carbonyl (C=O) groups excluding carboxylic acids is 3. The first-order chi connectivity index (χ1) is 18.0. The quantitative estimate of drug-likeness (QED) is 0.367. The van der Waals surface area contributed by atoms with Crippen molar-refractivity contribution < 1.29 is 34.8 Å². The number of Topliss-reactive ketones (excluding diaryl/α,β-unsaturated/α-hetero) is 2. The van der Waals surface area contributed by atoms with Crippen molar-refractivity contribution in [3.63, 3.8) is 0 Å². The fraction of sp³-hybridized carbons (Fsp3) is 0.552. The second-order valence-electron chi connectivity index (χ2n) is 11.6. The first-order valence-electron chi connectivity index (χ1n) is 13.5. The van der Waals surface area contributed by atoms with E-state index in [-0.39, 0.29) is 23.3 Å². The Bertz CT molecular complexity index is 1270. The highest BCUT2D eigenvalue weighted by Crippen LogP contribution is 2.53. The molecule has 1 aromatic carbocycles. The van der Waals surface area contributed by atoms with Gasteiger partial charge in [0, 0.05) is 11.5 Å². The maximum atomic E-state index is 13.9. The van der Waals surface area contributed by atoms with Crippen molar-refractivity contribution in [2.24, 2.45) is 23.5 Å². The summed E-state index contributed by atoms with van der Waals surface area (Å²) in [5.74, 6) is -5.62. The van der Waals surface area contributed by atoms with Gasteiger partial charge >= 0.3 is 0 Å². The first kappa shape index (κ1) is 26.4. The fourth-order valence-electron chi connectivity index (χ4n) is 7.38. The molecular formula is C29H36N2O7. The number of phenols is 1. The second-order valence-corrected chi connectivity index (χ2v) is 11.6. The maximum Gasteiger partial charge on any atom is 0.255 e. The normalized spacial score (nSPS) is 29.8. The Morgan fingerprint density at radius 1 is 1.11 bits per heavy atom. The van der Waals surface area contributed by atoms with Crippen LogP contribution in [0.1, 0.15) is 61.6 Å². The standard InChI is InChI=1S/C29H36N2O7/c1-31(2)23-18-13-16-12-17-15(9-8-14-6-4-3-5-7-14)10-11-19(32)21(17)24(33)20(16)26(35)29(18,38)27(36)22(25(23)34)28(30)37/h10-11,14,16,18,23,32-33,36,38H,3-9,12-13H2,1-2H3,(H2,30,37)/t16-,18-,23+,29-/m1/s1. The van der Waals surface area contributed by atoms with Crippen molar-refractivity contribution in [2.75, 3.05) is 14.1 Å². The number of fused-ring (bicyclic) bond motifs is 3. The number of hydrogen-bond donors (Lipinski definition) is 5. The van der Waals surface area contributed by atoms with Crippen molar-refractivity contribution in [1.29, 1.82) is 0 Å². The number of likely N-dealkylation sites (N-methyl/N-ethyl adjacent to an activating group) is 1. The molecule has 2 saturated carbocycles. The number of nitrogens with zero attached hydrogens (tertiary/aromatic N) is 1. The van der Waals surface area contributed by atoms with Gasteiger partial charge in [-0.25, -0.2) is 0 Å². The molecule has 1 amide bonds. The summed E-state index contributed by atoms with van der Waals surface area (Å²) < 4.78 is 0. The number of ketones is 2. The topological polar surface area (TPSA) is 161 Å². The van der Waals surface area contributed by atoms with Crippen LogP contribution in [0, 0.1) is 17.8 Å². The molecule has 0 heterocycles. The molecule has 6 N–H and O–H groups in total. The minimum Gasteiger partial charge on any atom is -0.508 e. The Labute approximate surface area is 221 Å².